The predicted octanol–water partition coefficient (Wildman–Crippen LogP) is 13.1. The first-order valence-corrected chi connectivity index (χ1v) is 18.0. The molecule has 0 saturated heterocycles. The molecule has 0 aliphatic carbocycles. The maximum atomic E-state index is 5.56. The minimum atomic E-state index is 0.807. The summed E-state index contributed by atoms with van der Waals surface area (Å²) < 4.78 is 2.24. The van der Waals surface area contributed by atoms with E-state index in [1.54, 1.807) is 0 Å². The van der Waals surface area contributed by atoms with Gasteiger partial charge in [0, 0.05) is 22.3 Å². The van der Waals surface area contributed by atoms with Gasteiger partial charge >= 0.3 is 0 Å². The maximum Gasteiger partial charge on any atom is 0.146 e. The molecule has 2 aromatic heterocycles. The second kappa shape index (κ2) is 12.9. The van der Waals surface area contributed by atoms with Crippen molar-refractivity contribution in [3.8, 4) is 62.1 Å². The highest BCUT2D eigenvalue weighted by Gasteiger charge is 2.24. The van der Waals surface area contributed by atoms with Crippen molar-refractivity contribution in [2.45, 2.75) is 0 Å². The van der Waals surface area contributed by atoms with Gasteiger partial charge in [-0.1, -0.05) is 182 Å². The highest BCUT2D eigenvalue weighted by molar-refractivity contribution is 6.21. The second-order valence-electron chi connectivity index (χ2n) is 13.4. The van der Waals surface area contributed by atoms with Gasteiger partial charge in [-0.2, -0.15) is 0 Å². The van der Waals surface area contributed by atoms with Gasteiger partial charge < -0.3 is 0 Å². The molecule has 2 heterocycles. The Hall–Kier alpha value is -7.10. The molecule has 0 aliphatic rings. The van der Waals surface area contributed by atoms with E-state index in [9.17, 15) is 0 Å². The van der Waals surface area contributed by atoms with Gasteiger partial charge in [0.05, 0.1) is 17.1 Å². The smallest absolute Gasteiger partial charge is 0.146 e. The van der Waals surface area contributed by atoms with Crippen LogP contribution in [-0.2, 0) is 0 Å². The number of benzene rings is 8. The van der Waals surface area contributed by atoms with Gasteiger partial charge in [0.25, 0.3) is 0 Å². The first-order valence-electron chi connectivity index (χ1n) is 18.0. The van der Waals surface area contributed by atoms with Crippen LogP contribution in [0, 0.1) is 0 Å². The average Bonchev–Trinajstić information content (AvgIpc) is 3.65. The fourth-order valence-corrected chi connectivity index (χ4v) is 7.83. The van der Waals surface area contributed by atoms with Crippen molar-refractivity contribution >= 4 is 32.3 Å². The molecule has 0 atom stereocenters. The summed E-state index contributed by atoms with van der Waals surface area (Å²) in [7, 11) is 0. The first kappa shape index (κ1) is 30.7. The normalized spacial score (nSPS) is 11.4. The highest BCUT2D eigenvalue weighted by Crippen LogP contribution is 2.44. The van der Waals surface area contributed by atoms with E-state index in [0.717, 1.165) is 51.0 Å². The molecule has 0 bridgehead atoms. The number of hydrogen-bond donors (Lipinski definition) is 0. The summed E-state index contributed by atoms with van der Waals surface area (Å²) in [4.78, 5) is 11.0. The molecule has 0 radical (unpaired) electrons. The molecule has 248 valence electrons. The molecule has 0 unspecified atom stereocenters. The SMILES string of the molecule is c1ccc(-c2nc(-c3ccccc3)n(-c3cccc(-c4c5ccccc5c(-c5ccc6ccccc6c5)c5ccccc45)n3)c2-c2ccccc2)cc1. The van der Waals surface area contributed by atoms with Gasteiger partial charge in [-0.25, -0.2) is 9.97 Å². The summed E-state index contributed by atoms with van der Waals surface area (Å²) in [6, 6.07) is 70.7. The zero-order chi connectivity index (χ0) is 35.1. The van der Waals surface area contributed by atoms with Crippen molar-refractivity contribution in [2.24, 2.45) is 0 Å². The lowest BCUT2D eigenvalue weighted by molar-refractivity contribution is 1.01. The van der Waals surface area contributed by atoms with Crippen LogP contribution in [0.15, 0.2) is 200 Å². The predicted molar refractivity (Wildman–Crippen MR) is 221 cm³/mol. The molecule has 0 aliphatic heterocycles. The Morgan fingerprint density at radius 1 is 0.340 bits per heavy atom. The van der Waals surface area contributed by atoms with E-state index in [2.05, 4.69) is 193 Å². The minimum absolute atomic E-state index is 0.807. The number of imidazole rings is 1. The minimum Gasteiger partial charge on any atom is -0.276 e. The van der Waals surface area contributed by atoms with E-state index in [0.29, 0.717) is 0 Å². The zero-order valence-electron chi connectivity index (χ0n) is 28.9. The summed E-state index contributed by atoms with van der Waals surface area (Å²) in [5, 5.41) is 7.21. The third-order valence-electron chi connectivity index (χ3n) is 10.2. The summed E-state index contributed by atoms with van der Waals surface area (Å²) in [5.74, 6) is 1.65. The molecule has 0 fully saturated rings. The monoisotopic (exact) mass is 675 g/mol. The van der Waals surface area contributed by atoms with Gasteiger partial charge in [0.15, 0.2) is 0 Å². The van der Waals surface area contributed by atoms with E-state index in [-0.39, 0.29) is 0 Å². The van der Waals surface area contributed by atoms with Crippen LogP contribution in [0.25, 0.3) is 94.4 Å². The number of aromatic nitrogens is 3. The standard InChI is InChI=1S/C50H33N3/c1-4-18-35(19-5-1)48-49(36-20-6-2-7-21-36)53(50(52-48)37-22-8-3-9-23-37)45-30-16-29-44(51-45)47-42-27-14-12-25-40(42)46(41-26-13-15-28-43(41)47)39-32-31-34-17-10-11-24-38(34)33-39/h1-33H. The third kappa shape index (κ3) is 5.30. The van der Waals surface area contributed by atoms with Crippen LogP contribution in [-0.4, -0.2) is 14.5 Å². The summed E-state index contributed by atoms with van der Waals surface area (Å²) in [5.41, 5.74) is 9.54. The second-order valence-corrected chi connectivity index (χ2v) is 13.4. The maximum absolute atomic E-state index is 5.56. The Bertz CT molecular complexity index is 2870. The van der Waals surface area contributed by atoms with Crippen LogP contribution in [0.5, 0.6) is 0 Å². The number of nitrogens with zero attached hydrogens (tertiary/aromatic N) is 3. The molecule has 53 heavy (non-hydrogen) atoms. The Morgan fingerprint density at radius 3 is 1.51 bits per heavy atom. The van der Waals surface area contributed by atoms with Crippen LogP contribution in [0.2, 0.25) is 0 Å². The van der Waals surface area contributed by atoms with Gasteiger partial charge in [-0.15, -0.1) is 0 Å². The number of pyridine rings is 1. The third-order valence-corrected chi connectivity index (χ3v) is 10.2. The largest absolute Gasteiger partial charge is 0.276 e. The Kier molecular flexibility index (Phi) is 7.47. The Balaban J connectivity index is 1.25. The van der Waals surface area contributed by atoms with E-state index >= 15 is 0 Å². The van der Waals surface area contributed by atoms with Crippen molar-refractivity contribution in [3.63, 3.8) is 0 Å². The lowest BCUT2D eigenvalue weighted by Crippen LogP contribution is -2.04. The fourth-order valence-electron chi connectivity index (χ4n) is 7.83. The van der Waals surface area contributed by atoms with Crippen molar-refractivity contribution in [3.05, 3.63) is 200 Å². The lowest BCUT2D eigenvalue weighted by atomic mass is 9.87. The quantitative estimate of drug-likeness (QED) is 0.164. The molecule has 0 N–H and O–H groups in total. The zero-order valence-corrected chi connectivity index (χ0v) is 28.9. The van der Waals surface area contributed by atoms with Crippen molar-refractivity contribution in [1.29, 1.82) is 0 Å². The van der Waals surface area contributed by atoms with E-state index in [1.165, 1.54) is 43.4 Å². The van der Waals surface area contributed by atoms with Crippen molar-refractivity contribution in [1.82, 2.24) is 14.5 Å². The molecular formula is C50H33N3. The molecule has 10 aromatic rings. The van der Waals surface area contributed by atoms with Crippen LogP contribution in [0.4, 0.5) is 0 Å². The van der Waals surface area contributed by atoms with Crippen LogP contribution in [0.1, 0.15) is 0 Å². The highest BCUT2D eigenvalue weighted by atomic mass is 15.2. The summed E-state index contributed by atoms with van der Waals surface area (Å²) >= 11 is 0. The fraction of sp³-hybridized carbons (Fsp3) is 0. The molecular weight excluding hydrogens is 643 g/mol. The molecule has 3 nitrogen and oxygen atoms in total. The summed E-state index contributed by atoms with van der Waals surface area (Å²) in [6.45, 7) is 0. The average molecular weight is 676 g/mol. The number of hydrogen-bond acceptors (Lipinski definition) is 2. The molecule has 3 heteroatoms. The number of rotatable bonds is 6. The van der Waals surface area contributed by atoms with Crippen molar-refractivity contribution in [2.75, 3.05) is 0 Å². The van der Waals surface area contributed by atoms with Crippen molar-refractivity contribution < 1.29 is 0 Å². The molecule has 0 spiro atoms. The Labute approximate surface area is 308 Å². The van der Waals surface area contributed by atoms with E-state index in [1.807, 2.05) is 12.1 Å². The molecule has 0 saturated carbocycles. The molecule has 8 aromatic carbocycles. The first-order chi connectivity index (χ1) is 26.3. The van der Waals surface area contributed by atoms with Crippen LogP contribution in [0.3, 0.4) is 0 Å². The van der Waals surface area contributed by atoms with Crippen LogP contribution < -0.4 is 0 Å². The topological polar surface area (TPSA) is 30.7 Å². The lowest BCUT2D eigenvalue weighted by Gasteiger charge is -2.18. The van der Waals surface area contributed by atoms with Gasteiger partial charge in [-0.05, 0) is 61.6 Å². The Morgan fingerprint density at radius 2 is 0.868 bits per heavy atom. The van der Waals surface area contributed by atoms with Gasteiger partial charge in [-0.3, -0.25) is 4.57 Å². The van der Waals surface area contributed by atoms with Gasteiger partial charge in [0.1, 0.15) is 11.6 Å². The van der Waals surface area contributed by atoms with Gasteiger partial charge in [0.2, 0.25) is 0 Å². The molecule has 10 rings (SSSR count). The van der Waals surface area contributed by atoms with E-state index in [4.69, 9.17) is 9.97 Å². The number of fused-ring (bicyclic) bond motifs is 3. The summed E-state index contributed by atoms with van der Waals surface area (Å²) in [6.07, 6.45) is 0. The van der Waals surface area contributed by atoms with Crippen LogP contribution >= 0.6 is 0 Å². The molecule has 0 amide bonds. The van der Waals surface area contributed by atoms with E-state index < -0.39 is 0 Å².